The van der Waals surface area contributed by atoms with Crippen molar-refractivity contribution in [2.75, 3.05) is 5.32 Å². The number of hydrogen-bond donors (Lipinski definition) is 1. The summed E-state index contributed by atoms with van der Waals surface area (Å²) >= 11 is 0. The first kappa shape index (κ1) is 18.7. The Morgan fingerprint density at radius 1 is 1.18 bits per heavy atom. The van der Waals surface area contributed by atoms with Crippen LogP contribution in [0.4, 0.5) is 5.69 Å². The van der Waals surface area contributed by atoms with Gasteiger partial charge in [0.2, 0.25) is 5.91 Å². The van der Waals surface area contributed by atoms with Crippen LogP contribution in [0.2, 0.25) is 0 Å². The standard InChI is InChI=1S/C22H27N3O3/c1-14(22(27)28-25-12-11-23-15(25)2)9-10-20(26)24-21-18-7-3-5-16(18)13-17-6-4-8-19(17)21/h11-14H,3-10H2,1-2H3,(H,24,26). The van der Waals surface area contributed by atoms with Crippen LogP contribution in [0.5, 0.6) is 0 Å². The Morgan fingerprint density at radius 3 is 2.46 bits per heavy atom. The fourth-order valence-corrected chi connectivity index (χ4v) is 4.28. The maximum Gasteiger partial charge on any atom is 0.335 e. The number of nitrogens with zero attached hydrogens (tertiary/aromatic N) is 2. The average molecular weight is 381 g/mol. The average Bonchev–Trinajstić information content (AvgIpc) is 3.41. The summed E-state index contributed by atoms with van der Waals surface area (Å²) in [4.78, 5) is 34.2. The summed E-state index contributed by atoms with van der Waals surface area (Å²) in [5.41, 5.74) is 6.54. The van der Waals surface area contributed by atoms with Gasteiger partial charge in [0.15, 0.2) is 0 Å². The number of benzene rings is 1. The third-order valence-corrected chi connectivity index (χ3v) is 5.91. The number of rotatable bonds is 6. The third kappa shape index (κ3) is 3.68. The Kier molecular flexibility index (Phi) is 5.20. The Bertz CT molecular complexity index is 884. The molecule has 0 saturated carbocycles. The van der Waals surface area contributed by atoms with Crippen LogP contribution in [0.3, 0.4) is 0 Å². The quantitative estimate of drug-likeness (QED) is 0.834. The molecule has 148 valence electrons. The topological polar surface area (TPSA) is 73.2 Å². The van der Waals surface area contributed by atoms with E-state index in [-0.39, 0.29) is 17.8 Å². The molecule has 28 heavy (non-hydrogen) atoms. The third-order valence-electron chi connectivity index (χ3n) is 5.91. The number of hydrogen-bond acceptors (Lipinski definition) is 4. The second kappa shape index (κ2) is 7.78. The van der Waals surface area contributed by atoms with Crippen LogP contribution in [-0.2, 0) is 35.3 Å². The summed E-state index contributed by atoms with van der Waals surface area (Å²) in [6.07, 6.45) is 10.6. The smallest absolute Gasteiger partial charge is 0.335 e. The highest BCUT2D eigenvalue weighted by Gasteiger charge is 2.25. The Hall–Kier alpha value is -2.63. The first-order valence-electron chi connectivity index (χ1n) is 10.2. The van der Waals surface area contributed by atoms with Crippen molar-refractivity contribution in [3.8, 4) is 0 Å². The lowest BCUT2D eigenvalue weighted by molar-refractivity contribution is -0.149. The molecule has 1 N–H and O–H groups in total. The monoisotopic (exact) mass is 381 g/mol. The van der Waals surface area contributed by atoms with E-state index >= 15 is 0 Å². The minimum absolute atomic E-state index is 0.0205. The molecule has 1 aromatic carbocycles. The molecule has 4 rings (SSSR count). The summed E-state index contributed by atoms with van der Waals surface area (Å²) in [6, 6.07) is 2.36. The van der Waals surface area contributed by atoms with Crippen molar-refractivity contribution < 1.29 is 14.4 Å². The molecule has 1 atom stereocenters. The number of nitrogens with one attached hydrogen (secondary N) is 1. The van der Waals surface area contributed by atoms with E-state index in [1.807, 2.05) is 0 Å². The van der Waals surface area contributed by atoms with Crippen LogP contribution in [-0.4, -0.2) is 21.6 Å². The summed E-state index contributed by atoms with van der Waals surface area (Å²) in [5, 5.41) is 3.19. The molecule has 1 amide bonds. The summed E-state index contributed by atoms with van der Waals surface area (Å²) < 4.78 is 1.36. The lowest BCUT2D eigenvalue weighted by Gasteiger charge is -2.17. The molecule has 2 aromatic rings. The van der Waals surface area contributed by atoms with Crippen molar-refractivity contribution in [1.82, 2.24) is 9.71 Å². The van der Waals surface area contributed by atoms with Gasteiger partial charge in [-0.3, -0.25) is 4.79 Å². The SMILES string of the molecule is Cc1nccn1OC(=O)C(C)CCC(=O)Nc1c2c(cc3c1CCC3)CCC2. The number of carbonyl (C=O) groups is 2. The van der Waals surface area contributed by atoms with Gasteiger partial charge in [-0.15, -0.1) is 0 Å². The molecule has 0 spiro atoms. The van der Waals surface area contributed by atoms with E-state index in [9.17, 15) is 9.59 Å². The minimum atomic E-state index is -0.361. The largest absolute Gasteiger partial charge is 0.335 e. The molecule has 0 radical (unpaired) electrons. The predicted octanol–water partition coefficient (Wildman–Crippen LogP) is 3.18. The maximum atomic E-state index is 12.6. The van der Waals surface area contributed by atoms with Gasteiger partial charge in [0.05, 0.1) is 12.1 Å². The Balaban J connectivity index is 1.37. The normalized spacial score (nSPS) is 15.8. The van der Waals surface area contributed by atoms with Crippen LogP contribution < -0.4 is 10.2 Å². The first-order chi connectivity index (χ1) is 13.5. The fraction of sp³-hybridized carbons (Fsp3) is 0.500. The van der Waals surface area contributed by atoms with Crippen LogP contribution in [0.15, 0.2) is 18.5 Å². The van der Waals surface area contributed by atoms with Crippen LogP contribution in [0.1, 0.15) is 60.7 Å². The molecule has 0 saturated heterocycles. The van der Waals surface area contributed by atoms with Gasteiger partial charge < -0.3 is 10.2 Å². The van der Waals surface area contributed by atoms with E-state index in [0.29, 0.717) is 18.7 Å². The highest BCUT2D eigenvalue weighted by atomic mass is 16.7. The van der Waals surface area contributed by atoms with Gasteiger partial charge >= 0.3 is 5.97 Å². The zero-order chi connectivity index (χ0) is 19.7. The van der Waals surface area contributed by atoms with Gasteiger partial charge in [-0.05, 0) is 74.1 Å². The zero-order valence-electron chi connectivity index (χ0n) is 16.6. The van der Waals surface area contributed by atoms with E-state index in [1.165, 1.54) is 27.0 Å². The van der Waals surface area contributed by atoms with E-state index in [2.05, 4.69) is 16.4 Å². The number of carbonyl (C=O) groups excluding carboxylic acids is 2. The molecule has 2 aliphatic rings. The predicted molar refractivity (Wildman–Crippen MR) is 106 cm³/mol. The number of aromatic nitrogens is 2. The number of anilines is 1. The summed E-state index contributed by atoms with van der Waals surface area (Å²) in [6.45, 7) is 3.56. The van der Waals surface area contributed by atoms with Crippen molar-refractivity contribution >= 4 is 17.6 Å². The molecule has 2 aliphatic carbocycles. The second-order valence-electron chi connectivity index (χ2n) is 7.93. The molecule has 6 heteroatoms. The van der Waals surface area contributed by atoms with Gasteiger partial charge in [-0.1, -0.05) is 13.0 Å². The molecular formula is C22H27N3O3. The van der Waals surface area contributed by atoms with Crippen molar-refractivity contribution in [3.05, 3.63) is 46.5 Å². The molecule has 0 bridgehead atoms. The van der Waals surface area contributed by atoms with Gasteiger partial charge in [0, 0.05) is 18.3 Å². The van der Waals surface area contributed by atoms with Crippen LogP contribution in [0, 0.1) is 12.8 Å². The Labute approximate surface area is 165 Å². The number of aryl methyl sites for hydroxylation is 3. The highest BCUT2D eigenvalue weighted by Crippen LogP contribution is 2.38. The van der Waals surface area contributed by atoms with Crippen molar-refractivity contribution in [1.29, 1.82) is 0 Å². The van der Waals surface area contributed by atoms with Gasteiger partial charge in [0.1, 0.15) is 5.82 Å². The Morgan fingerprint density at radius 2 is 1.86 bits per heavy atom. The first-order valence-corrected chi connectivity index (χ1v) is 10.2. The summed E-state index contributed by atoms with van der Waals surface area (Å²) in [5.74, 6) is -0.118. The molecule has 6 nitrogen and oxygen atoms in total. The van der Waals surface area contributed by atoms with E-state index in [0.717, 1.165) is 44.2 Å². The van der Waals surface area contributed by atoms with Gasteiger partial charge in [-0.25, -0.2) is 9.78 Å². The molecule has 0 fully saturated rings. The van der Waals surface area contributed by atoms with Gasteiger partial charge in [-0.2, -0.15) is 4.73 Å². The zero-order valence-corrected chi connectivity index (χ0v) is 16.6. The van der Waals surface area contributed by atoms with Crippen LogP contribution >= 0.6 is 0 Å². The molecule has 1 heterocycles. The fourth-order valence-electron chi connectivity index (χ4n) is 4.28. The lowest BCUT2D eigenvalue weighted by Crippen LogP contribution is -2.27. The second-order valence-corrected chi connectivity index (χ2v) is 7.93. The maximum absolute atomic E-state index is 12.6. The van der Waals surface area contributed by atoms with E-state index in [4.69, 9.17) is 4.84 Å². The van der Waals surface area contributed by atoms with E-state index < -0.39 is 0 Å². The number of amides is 1. The molecular weight excluding hydrogens is 354 g/mol. The minimum Gasteiger partial charge on any atom is -0.335 e. The molecule has 1 aromatic heterocycles. The summed E-state index contributed by atoms with van der Waals surface area (Å²) in [7, 11) is 0. The molecule has 0 aliphatic heterocycles. The van der Waals surface area contributed by atoms with Gasteiger partial charge in [0.25, 0.3) is 0 Å². The number of imidazole rings is 1. The van der Waals surface area contributed by atoms with Crippen molar-refractivity contribution in [3.63, 3.8) is 0 Å². The van der Waals surface area contributed by atoms with E-state index in [1.54, 1.807) is 26.2 Å². The lowest BCUT2D eigenvalue weighted by atomic mass is 9.98. The van der Waals surface area contributed by atoms with Crippen molar-refractivity contribution in [2.24, 2.45) is 5.92 Å². The highest BCUT2D eigenvalue weighted by molar-refractivity contribution is 5.93. The van der Waals surface area contributed by atoms with Crippen LogP contribution in [0.25, 0.3) is 0 Å². The number of fused-ring (bicyclic) bond motifs is 2. The van der Waals surface area contributed by atoms with Crippen molar-refractivity contribution in [2.45, 2.75) is 65.2 Å². The molecule has 1 unspecified atom stereocenters.